The molecule has 8 heteroatoms. The van der Waals surface area contributed by atoms with Gasteiger partial charge in [0.25, 0.3) is 0 Å². The Labute approximate surface area is 140 Å². The van der Waals surface area contributed by atoms with Gasteiger partial charge in [0.05, 0.1) is 6.73 Å². The fourth-order valence-electron chi connectivity index (χ4n) is 2.09. The van der Waals surface area contributed by atoms with Crippen LogP contribution < -0.4 is 26.9 Å². The monoisotopic (exact) mass is 337 g/mol. The lowest BCUT2D eigenvalue weighted by molar-refractivity contribution is 0.179. The van der Waals surface area contributed by atoms with Crippen LogP contribution in [0.4, 0.5) is 0 Å². The third-order valence-electron chi connectivity index (χ3n) is 3.16. The zero-order chi connectivity index (χ0) is 16.7. The molecule has 7 nitrogen and oxygen atoms in total. The fourth-order valence-corrected chi connectivity index (χ4v) is 2.27. The van der Waals surface area contributed by atoms with Gasteiger partial charge in [0.15, 0.2) is 6.23 Å². The standard InChI is InChI=1S/C15H20ClN5O2/c1-22-9-19-8-10(7-17)12-6-11(16)2-3-13(12)23-15-5-4-14(20-15)21-18/h2-7,15,19H,8-9,17-18H2,1H3,(H,20,21)/b10-7+/t15-/m0/s1. The van der Waals surface area contributed by atoms with Gasteiger partial charge in [-0.25, -0.2) is 0 Å². The third-order valence-corrected chi connectivity index (χ3v) is 3.40. The van der Waals surface area contributed by atoms with Gasteiger partial charge in [-0.05, 0) is 42.1 Å². The summed E-state index contributed by atoms with van der Waals surface area (Å²) in [4.78, 5) is 0. The molecule has 1 atom stereocenters. The van der Waals surface area contributed by atoms with Crippen molar-refractivity contribution in [2.24, 2.45) is 16.7 Å². The molecule has 23 heavy (non-hydrogen) atoms. The molecule has 0 amide bonds. The largest absolute Gasteiger partial charge is 0.466 e. The van der Waals surface area contributed by atoms with Gasteiger partial charge < -0.3 is 26.4 Å². The van der Waals surface area contributed by atoms with E-state index in [1.165, 1.54) is 6.20 Å². The van der Waals surface area contributed by atoms with Crippen molar-refractivity contribution in [2.45, 2.75) is 6.23 Å². The quantitative estimate of drug-likeness (QED) is 0.256. The van der Waals surface area contributed by atoms with Gasteiger partial charge in [-0.15, -0.1) is 0 Å². The smallest absolute Gasteiger partial charge is 0.191 e. The van der Waals surface area contributed by atoms with Gasteiger partial charge in [0, 0.05) is 24.2 Å². The number of nitrogens with two attached hydrogens (primary N) is 2. The van der Waals surface area contributed by atoms with E-state index in [1.807, 2.05) is 6.08 Å². The maximum atomic E-state index is 6.11. The van der Waals surface area contributed by atoms with E-state index < -0.39 is 0 Å². The van der Waals surface area contributed by atoms with Crippen molar-refractivity contribution in [3.05, 3.63) is 47.1 Å². The van der Waals surface area contributed by atoms with Crippen LogP contribution in [0.2, 0.25) is 5.02 Å². The topological polar surface area (TPSA) is 107 Å². The highest BCUT2D eigenvalue weighted by Crippen LogP contribution is 2.29. The molecule has 1 aliphatic rings. The van der Waals surface area contributed by atoms with Crippen molar-refractivity contribution >= 4 is 23.0 Å². The van der Waals surface area contributed by atoms with Crippen LogP contribution in [0.5, 0.6) is 5.75 Å². The molecule has 1 aliphatic heterocycles. The van der Waals surface area contributed by atoms with Crippen LogP contribution in [-0.4, -0.2) is 32.4 Å². The van der Waals surface area contributed by atoms with Gasteiger partial charge in [-0.3, -0.25) is 5.32 Å². The summed E-state index contributed by atoms with van der Waals surface area (Å²) in [5.74, 6) is 6.43. The first-order valence-electron chi connectivity index (χ1n) is 6.97. The first-order chi connectivity index (χ1) is 11.2. The molecule has 0 saturated carbocycles. The van der Waals surface area contributed by atoms with Crippen molar-refractivity contribution in [3.8, 4) is 5.75 Å². The highest BCUT2D eigenvalue weighted by atomic mass is 35.5. The Morgan fingerprint density at radius 3 is 3.00 bits per heavy atom. The van der Waals surface area contributed by atoms with Gasteiger partial charge in [0.1, 0.15) is 11.6 Å². The molecule has 1 heterocycles. The van der Waals surface area contributed by atoms with E-state index in [0.717, 1.165) is 11.1 Å². The molecule has 6 N–H and O–H groups in total. The number of nitrogens with zero attached hydrogens (tertiary/aromatic N) is 1. The van der Waals surface area contributed by atoms with Gasteiger partial charge in [-0.2, -0.15) is 5.10 Å². The van der Waals surface area contributed by atoms with Crippen molar-refractivity contribution in [2.75, 3.05) is 20.4 Å². The molecule has 0 unspecified atom stereocenters. The van der Waals surface area contributed by atoms with E-state index in [4.69, 9.17) is 32.7 Å². The second-order valence-electron chi connectivity index (χ2n) is 4.75. The van der Waals surface area contributed by atoms with Gasteiger partial charge in [0.2, 0.25) is 0 Å². The number of methoxy groups -OCH3 is 1. The molecule has 0 bridgehead atoms. The maximum Gasteiger partial charge on any atom is 0.191 e. The normalized spacial score (nSPS) is 19.1. The van der Waals surface area contributed by atoms with E-state index in [9.17, 15) is 0 Å². The zero-order valence-corrected chi connectivity index (χ0v) is 13.5. The first kappa shape index (κ1) is 17.1. The molecule has 2 rings (SSSR count). The number of hydrazone groups is 1. The Bertz CT molecular complexity index is 630. The van der Waals surface area contributed by atoms with E-state index in [1.54, 1.807) is 31.4 Å². The van der Waals surface area contributed by atoms with Crippen LogP contribution in [0, 0.1) is 0 Å². The molecule has 0 aromatic heterocycles. The predicted molar refractivity (Wildman–Crippen MR) is 91.8 cm³/mol. The van der Waals surface area contributed by atoms with E-state index in [-0.39, 0.29) is 6.23 Å². The molecule has 124 valence electrons. The minimum absolute atomic E-state index is 0.358. The average molecular weight is 338 g/mol. The Hall–Kier alpha value is -2.22. The molecule has 0 spiro atoms. The molecular formula is C15H20ClN5O2. The molecule has 1 aromatic rings. The minimum atomic E-state index is -0.358. The van der Waals surface area contributed by atoms with Crippen LogP contribution >= 0.6 is 11.6 Å². The van der Waals surface area contributed by atoms with Crippen LogP contribution in [0.25, 0.3) is 5.57 Å². The van der Waals surface area contributed by atoms with Crippen molar-refractivity contribution in [1.29, 1.82) is 0 Å². The Morgan fingerprint density at radius 2 is 2.35 bits per heavy atom. The Morgan fingerprint density at radius 1 is 1.52 bits per heavy atom. The SMILES string of the molecule is COCNC/C(=C\N)c1cc(Cl)ccc1O[C@H]1C=C/C(=N/N)N1. The summed E-state index contributed by atoms with van der Waals surface area (Å²) in [7, 11) is 1.61. The summed E-state index contributed by atoms with van der Waals surface area (Å²) >= 11 is 6.11. The van der Waals surface area contributed by atoms with Crippen molar-refractivity contribution in [3.63, 3.8) is 0 Å². The number of hydrogen-bond acceptors (Lipinski definition) is 6. The lowest BCUT2D eigenvalue weighted by Crippen LogP contribution is -2.32. The summed E-state index contributed by atoms with van der Waals surface area (Å²) in [5.41, 5.74) is 7.40. The summed E-state index contributed by atoms with van der Waals surface area (Å²) < 4.78 is 10.9. The molecule has 0 aliphatic carbocycles. The summed E-state index contributed by atoms with van der Waals surface area (Å²) in [6.07, 6.45) is 4.73. The number of ether oxygens (including phenoxy) is 2. The lowest BCUT2D eigenvalue weighted by Gasteiger charge is -2.18. The highest BCUT2D eigenvalue weighted by molar-refractivity contribution is 6.30. The first-order valence-corrected chi connectivity index (χ1v) is 7.35. The van der Waals surface area contributed by atoms with Crippen LogP contribution in [0.3, 0.4) is 0 Å². The van der Waals surface area contributed by atoms with Gasteiger partial charge in [-0.1, -0.05) is 11.6 Å². The van der Waals surface area contributed by atoms with E-state index in [2.05, 4.69) is 15.7 Å². The maximum absolute atomic E-state index is 6.11. The summed E-state index contributed by atoms with van der Waals surface area (Å²) in [5, 5.41) is 10.3. The lowest BCUT2D eigenvalue weighted by atomic mass is 10.1. The number of hydrogen-bond donors (Lipinski definition) is 4. The second-order valence-corrected chi connectivity index (χ2v) is 5.18. The summed E-state index contributed by atoms with van der Waals surface area (Å²) in [6.45, 7) is 0.932. The number of benzene rings is 1. The second kappa shape index (κ2) is 8.42. The molecular weight excluding hydrogens is 318 g/mol. The molecule has 0 saturated heterocycles. The third kappa shape index (κ3) is 4.62. The van der Waals surface area contributed by atoms with Crippen LogP contribution in [-0.2, 0) is 4.74 Å². The number of halogens is 1. The van der Waals surface area contributed by atoms with Crippen LogP contribution in [0.15, 0.2) is 41.7 Å². The number of nitrogens with one attached hydrogen (secondary N) is 2. The summed E-state index contributed by atoms with van der Waals surface area (Å²) in [6, 6.07) is 5.36. The zero-order valence-electron chi connectivity index (χ0n) is 12.8. The van der Waals surface area contributed by atoms with E-state index >= 15 is 0 Å². The molecule has 0 radical (unpaired) electrons. The minimum Gasteiger partial charge on any atom is -0.466 e. The molecule has 0 fully saturated rings. The van der Waals surface area contributed by atoms with Gasteiger partial charge >= 0.3 is 0 Å². The highest BCUT2D eigenvalue weighted by Gasteiger charge is 2.17. The van der Waals surface area contributed by atoms with E-state index in [0.29, 0.717) is 29.9 Å². The fraction of sp³-hybridized carbons (Fsp3) is 0.267. The Balaban J connectivity index is 2.18. The van der Waals surface area contributed by atoms with Crippen molar-refractivity contribution in [1.82, 2.24) is 10.6 Å². The number of rotatable bonds is 7. The molecule has 1 aromatic carbocycles. The van der Waals surface area contributed by atoms with Crippen molar-refractivity contribution < 1.29 is 9.47 Å². The average Bonchev–Trinajstić information content (AvgIpc) is 3.01. The predicted octanol–water partition coefficient (Wildman–Crippen LogP) is 0.970. The Kier molecular flexibility index (Phi) is 6.28. The van der Waals surface area contributed by atoms with Crippen LogP contribution in [0.1, 0.15) is 5.56 Å². The number of amidine groups is 1.